The van der Waals surface area contributed by atoms with E-state index in [9.17, 15) is 9.59 Å². The van der Waals surface area contributed by atoms with Gasteiger partial charge < -0.3 is 25.2 Å². The molecule has 0 bridgehead atoms. The van der Waals surface area contributed by atoms with Crippen LogP contribution in [0, 0.1) is 11.8 Å². The molecule has 0 saturated carbocycles. The lowest BCUT2D eigenvalue weighted by Gasteiger charge is -2.35. The van der Waals surface area contributed by atoms with E-state index in [0.717, 1.165) is 77.3 Å². The van der Waals surface area contributed by atoms with Gasteiger partial charge in [-0.15, -0.1) is 0 Å². The molecule has 0 aromatic carbocycles. The molecule has 2 fully saturated rings. The number of amides is 2. The number of likely N-dealkylation sites (tertiary alicyclic amines) is 2. The van der Waals surface area contributed by atoms with Crippen LogP contribution in [0.5, 0.6) is 0 Å². The standard InChI is InChI=1S/C23H43N5O3/c1-6-25-21(27-14-10-18(11-15-27)16-20(29)24-5)26-12-9-19-8-7-13-28(17-19)22(30)31-23(2,3)4/h18-19H,6-17H2,1-5H3,(H,24,29)(H,25,26). The first-order valence-corrected chi connectivity index (χ1v) is 11.9. The smallest absolute Gasteiger partial charge is 0.410 e. The van der Waals surface area contributed by atoms with Gasteiger partial charge in [0.2, 0.25) is 5.91 Å². The number of piperidine rings is 2. The highest BCUT2D eigenvalue weighted by atomic mass is 16.6. The number of hydrogen-bond acceptors (Lipinski definition) is 4. The zero-order valence-corrected chi connectivity index (χ0v) is 20.2. The maximum Gasteiger partial charge on any atom is 0.410 e. The number of nitrogens with zero attached hydrogens (tertiary/aromatic N) is 3. The van der Waals surface area contributed by atoms with E-state index in [-0.39, 0.29) is 12.0 Å². The largest absolute Gasteiger partial charge is 0.444 e. The van der Waals surface area contributed by atoms with Gasteiger partial charge in [-0.05, 0) is 71.6 Å². The molecule has 0 spiro atoms. The minimum Gasteiger partial charge on any atom is -0.444 e. The number of ether oxygens (including phenoxy) is 1. The summed E-state index contributed by atoms with van der Waals surface area (Å²) in [5.41, 5.74) is -0.456. The molecule has 2 N–H and O–H groups in total. The van der Waals surface area contributed by atoms with Crippen molar-refractivity contribution in [2.45, 2.75) is 71.8 Å². The van der Waals surface area contributed by atoms with Gasteiger partial charge in [-0.3, -0.25) is 9.79 Å². The van der Waals surface area contributed by atoms with Crippen LogP contribution in [0.1, 0.15) is 66.2 Å². The molecule has 2 rings (SSSR count). The lowest BCUT2D eigenvalue weighted by Crippen LogP contribution is -2.46. The maximum absolute atomic E-state index is 12.4. The molecule has 0 aromatic rings. The SMILES string of the molecule is CCNC(=NCCC1CCCN(C(=O)OC(C)(C)C)C1)N1CCC(CC(=O)NC)CC1. The van der Waals surface area contributed by atoms with Crippen LogP contribution in [-0.2, 0) is 9.53 Å². The van der Waals surface area contributed by atoms with Crippen molar-refractivity contribution in [1.82, 2.24) is 20.4 Å². The Labute approximate surface area is 188 Å². The predicted octanol–water partition coefficient (Wildman–Crippen LogP) is 2.84. The Kier molecular flexibility index (Phi) is 9.91. The van der Waals surface area contributed by atoms with Crippen LogP contribution in [0.15, 0.2) is 4.99 Å². The van der Waals surface area contributed by atoms with Crippen LogP contribution >= 0.6 is 0 Å². The summed E-state index contributed by atoms with van der Waals surface area (Å²) in [6.45, 7) is 12.8. The number of carbonyl (C=O) groups is 2. The van der Waals surface area contributed by atoms with Crippen molar-refractivity contribution in [1.29, 1.82) is 0 Å². The fourth-order valence-electron chi connectivity index (χ4n) is 4.28. The average Bonchev–Trinajstić information content (AvgIpc) is 2.72. The van der Waals surface area contributed by atoms with Gasteiger partial charge in [0.15, 0.2) is 5.96 Å². The van der Waals surface area contributed by atoms with E-state index < -0.39 is 5.60 Å². The van der Waals surface area contributed by atoms with E-state index in [1.54, 1.807) is 7.05 Å². The van der Waals surface area contributed by atoms with E-state index in [0.29, 0.717) is 18.3 Å². The maximum atomic E-state index is 12.4. The fourth-order valence-corrected chi connectivity index (χ4v) is 4.28. The average molecular weight is 438 g/mol. The molecule has 0 aliphatic carbocycles. The Bertz CT molecular complexity index is 609. The third-order valence-corrected chi connectivity index (χ3v) is 5.97. The van der Waals surface area contributed by atoms with E-state index >= 15 is 0 Å². The minimum absolute atomic E-state index is 0.131. The first kappa shape index (κ1) is 25.3. The quantitative estimate of drug-likeness (QED) is 0.493. The van der Waals surface area contributed by atoms with Gasteiger partial charge in [0, 0.05) is 52.7 Å². The van der Waals surface area contributed by atoms with Crippen LogP contribution in [0.4, 0.5) is 4.79 Å². The molecule has 8 nitrogen and oxygen atoms in total. The van der Waals surface area contributed by atoms with E-state index in [2.05, 4.69) is 22.5 Å². The molecule has 2 aliphatic heterocycles. The van der Waals surface area contributed by atoms with E-state index in [4.69, 9.17) is 9.73 Å². The summed E-state index contributed by atoms with van der Waals surface area (Å²) in [6.07, 6.45) is 5.59. The van der Waals surface area contributed by atoms with Gasteiger partial charge in [0.1, 0.15) is 5.60 Å². The zero-order chi connectivity index (χ0) is 22.9. The van der Waals surface area contributed by atoms with Crippen LogP contribution in [0.2, 0.25) is 0 Å². The summed E-state index contributed by atoms with van der Waals surface area (Å²) in [4.78, 5) is 33.1. The molecule has 0 aromatic heterocycles. The molecule has 178 valence electrons. The number of carbonyl (C=O) groups excluding carboxylic acids is 2. The second-order valence-electron chi connectivity index (χ2n) is 9.77. The third kappa shape index (κ3) is 8.95. The van der Waals surface area contributed by atoms with E-state index in [1.807, 2.05) is 25.7 Å². The lowest BCUT2D eigenvalue weighted by atomic mass is 9.93. The normalized spacial score (nSPS) is 21.1. The molecule has 31 heavy (non-hydrogen) atoms. The van der Waals surface area contributed by atoms with Crippen LogP contribution in [0.25, 0.3) is 0 Å². The minimum atomic E-state index is -0.456. The highest BCUT2D eigenvalue weighted by molar-refractivity contribution is 5.80. The summed E-state index contributed by atoms with van der Waals surface area (Å²) >= 11 is 0. The van der Waals surface area contributed by atoms with Crippen molar-refractivity contribution in [2.24, 2.45) is 16.8 Å². The zero-order valence-electron chi connectivity index (χ0n) is 20.2. The topological polar surface area (TPSA) is 86.3 Å². The summed E-state index contributed by atoms with van der Waals surface area (Å²) in [7, 11) is 1.70. The summed E-state index contributed by atoms with van der Waals surface area (Å²) in [5, 5.41) is 6.15. The van der Waals surface area contributed by atoms with Gasteiger partial charge in [-0.25, -0.2) is 4.79 Å². The molecule has 0 radical (unpaired) electrons. The lowest BCUT2D eigenvalue weighted by molar-refractivity contribution is -0.121. The molecule has 8 heteroatoms. The van der Waals surface area contributed by atoms with Gasteiger partial charge in [-0.1, -0.05) is 0 Å². The number of hydrogen-bond donors (Lipinski definition) is 2. The highest BCUT2D eigenvalue weighted by Gasteiger charge is 2.28. The Hall–Kier alpha value is -1.99. The number of aliphatic imine (C=N–C) groups is 1. The first-order valence-electron chi connectivity index (χ1n) is 11.9. The molecule has 1 unspecified atom stereocenters. The van der Waals surface area contributed by atoms with Gasteiger partial charge in [-0.2, -0.15) is 0 Å². The highest BCUT2D eigenvalue weighted by Crippen LogP contribution is 2.23. The Morgan fingerprint density at radius 1 is 1.06 bits per heavy atom. The molecule has 2 amide bonds. The van der Waals surface area contributed by atoms with E-state index in [1.165, 1.54) is 0 Å². The van der Waals surface area contributed by atoms with Crippen molar-refractivity contribution in [3.05, 3.63) is 0 Å². The van der Waals surface area contributed by atoms with Gasteiger partial charge >= 0.3 is 6.09 Å². The Balaban J connectivity index is 1.82. The van der Waals surface area contributed by atoms with Crippen LogP contribution < -0.4 is 10.6 Å². The van der Waals surface area contributed by atoms with Crippen LogP contribution in [-0.4, -0.2) is 79.7 Å². The molecular formula is C23H43N5O3. The second-order valence-corrected chi connectivity index (χ2v) is 9.77. The van der Waals surface area contributed by atoms with Crippen molar-refractivity contribution in [2.75, 3.05) is 46.3 Å². The number of guanidine groups is 1. The van der Waals surface area contributed by atoms with Crippen molar-refractivity contribution in [3.8, 4) is 0 Å². The van der Waals surface area contributed by atoms with Gasteiger partial charge in [0.05, 0.1) is 0 Å². The molecule has 2 saturated heterocycles. The van der Waals surface area contributed by atoms with Crippen LogP contribution in [0.3, 0.4) is 0 Å². The number of rotatable bonds is 6. The first-order chi connectivity index (χ1) is 14.7. The summed E-state index contributed by atoms with van der Waals surface area (Å²) in [6, 6.07) is 0. The molecular weight excluding hydrogens is 394 g/mol. The fraction of sp³-hybridized carbons (Fsp3) is 0.870. The summed E-state index contributed by atoms with van der Waals surface area (Å²) in [5.74, 6) is 2.03. The summed E-state index contributed by atoms with van der Waals surface area (Å²) < 4.78 is 5.54. The Morgan fingerprint density at radius 3 is 2.39 bits per heavy atom. The second kappa shape index (κ2) is 12.2. The number of nitrogens with one attached hydrogen (secondary N) is 2. The molecule has 2 aliphatic rings. The molecule has 2 heterocycles. The third-order valence-electron chi connectivity index (χ3n) is 5.97. The van der Waals surface area contributed by atoms with Crippen molar-refractivity contribution >= 4 is 18.0 Å². The molecule has 1 atom stereocenters. The van der Waals surface area contributed by atoms with Crippen molar-refractivity contribution < 1.29 is 14.3 Å². The monoisotopic (exact) mass is 437 g/mol. The van der Waals surface area contributed by atoms with Gasteiger partial charge in [0.25, 0.3) is 0 Å². The Morgan fingerprint density at radius 2 is 1.77 bits per heavy atom. The van der Waals surface area contributed by atoms with Crippen molar-refractivity contribution in [3.63, 3.8) is 0 Å². The predicted molar refractivity (Wildman–Crippen MR) is 124 cm³/mol.